The minimum atomic E-state index is -4.53. The van der Waals surface area contributed by atoms with Gasteiger partial charge in [0.2, 0.25) is 5.91 Å². The first-order chi connectivity index (χ1) is 15.5. The topological polar surface area (TPSA) is 58.2 Å². The molecule has 0 aliphatic carbocycles. The van der Waals surface area contributed by atoms with Crippen molar-refractivity contribution >= 4 is 47.4 Å². The van der Waals surface area contributed by atoms with Crippen LogP contribution in [-0.2, 0) is 17.5 Å². The Labute approximate surface area is 219 Å². The summed E-state index contributed by atoms with van der Waals surface area (Å²) < 4.78 is 39.3. The lowest BCUT2D eigenvalue weighted by molar-refractivity contribution is -0.928. The van der Waals surface area contributed by atoms with Gasteiger partial charge in [0.25, 0.3) is 5.91 Å². The van der Waals surface area contributed by atoms with E-state index in [9.17, 15) is 22.8 Å². The molecule has 0 unspecified atom stereocenters. The highest BCUT2D eigenvalue weighted by molar-refractivity contribution is 14.0. The SMILES string of the molecule is C[N+]1(Cc2ccc(Cl)cc2)CCC(CNC(=O)CNC(=O)c2cccc(C(F)(F)F)c2)CC1.I. The number of halogens is 5. The Kier molecular flexibility index (Phi) is 10.2. The average Bonchev–Trinajstić information content (AvgIpc) is 2.78. The van der Waals surface area contributed by atoms with E-state index in [4.69, 9.17) is 11.6 Å². The normalized spacial score (nSPS) is 20.2. The van der Waals surface area contributed by atoms with Crippen LogP contribution in [0, 0.1) is 5.92 Å². The van der Waals surface area contributed by atoms with Crippen molar-refractivity contribution in [3.05, 3.63) is 70.2 Å². The number of likely N-dealkylation sites (tertiary alicyclic amines) is 1. The molecule has 1 saturated heterocycles. The van der Waals surface area contributed by atoms with Gasteiger partial charge in [-0.25, -0.2) is 0 Å². The predicted molar refractivity (Wildman–Crippen MR) is 136 cm³/mol. The molecule has 1 heterocycles. The highest BCUT2D eigenvalue weighted by Crippen LogP contribution is 2.29. The fraction of sp³-hybridized carbons (Fsp3) is 0.417. The molecule has 0 spiro atoms. The van der Waals surface area contributed by atoms with Crippen molar-refractivity contribution in [1.29, 1.82) is 0 Å². The zero-order valence-corrected chi connectivity index (χ0v) is 21.9. The first-order valence-corrected chi connectivity index (χ1v) is 11.2. The van der Waals surface area contributed by atoms with Crippen LogP contribution in [-0.4, -0.2) is 49.5 Å². The predicted octanol–water partition coefficient (Wildman–Crippen LogP) is 4.88. The molecule has 0 atom stereocenters. The van der Waals surface area contributed by atoms with E-state index < -0.39 is 17.6 Å². The van der Waals surface area contributed by atoms with E-state index in [1.165, 1.54) is 17.7 Å². The summed E-state index contributed by atoms with van der Waals surface area (Å²) in [6.07, 6.45) is -2.58. The molecule has 34 heavy (non-hydrogen) atoms. The van der Waals surface area contributed by atoms with Crippen LogP contribution in [0.15, 0.2) is 48.5 Å². The summed E-state index contributed by atoms with van der Waals surface area (Å²) in [6, 6.07) is 12.0. The molecule has 0 bridgehead atoms. The highest BCUT2D eigenvalue weighted by atomic mass is 127. The lowest BCUT2D eigenvalue weighted by Crippen LogP contribution is -2.50. The summed E-state index contributed by atoms with van der Waals surface area (Å²) >= 11 is 5.96. The van der Waals surface area contributed by atoms with Crippen LogP contribution in [0.4, 0.5) is 13.2 Å². The van der Waals surface area contributed by atoms with Crippen LogP contribution in [0.2, 0.25) is 5.02 Å². The molecule has 0 radical (unpaired) electrons. The number of amides is 2. The Morgan fingerprint density at radius 3 is 2.32 bits per heavy atom. The summed E-state index contributed by atoms with van der Waals surface area (Å²) in [5, 5.41) is 5.93. The largest absolute Gasteiger partial charge is 0.416 e. The van der Waals surface area contributed by atoms with Crippen molar-refractivity contribution < 1.29 is 27.2 Å². The Morgan fingerprint density at radius 2 is 1.71 bits per heavy atom. The van der Waals surface area contributed by atoms with Gasteiger partial charge in [-0.3, -0.25) is 9.59 Å². The number of rotatable bonds is 7. The van der Waals surface area contributed by atoms with E-state index in [-0.39, 0.29) is 42.0 Å². The number of hydrogen-bond acceptors (Lipinski definition) is 2. The van der Waals surface area contributed by atoms with Crippen LogP contribution in [0.1, 0.15) is 34.3 Å². The van der Waals surface area contributed by atoms with Crippen LogP contribution >= 0.6 is 35.6 Å². The van der Waals surface area contributed by atoms with Crippen molar-refractivity contribution in [3.63, 3.8) is 0 Å². The third kappa shape index (κ3) is 8.42. The third-order valence-corrected chi connectivity index (χ3v) is 6.33. The molecule has 1 aliphatic heterocycles. The Hall–Kier alpha value is -1.85. The van der Waals surface area contributed by atoms with E-state index >= 15 is 0 Å². The van der Waals surface area contributed by atoms with Crippen LogP contribution in [0.5, 0.6) is 0 Å². The number of carbonyl (C=O) groups is 2. The maximum atomic E-state index is 12.8. The smallest absolute Gasteiger partial charge is 0.354 e. The molecule has 10 heteroatoms. The molecule has 186 valence electrons. The standard InChI is InChI=1S/C24H27ClF3N3O2.HI/c1-31(16-18-5-7-21(25)8-6-18)11-9-17(10-12-31)14-29-22(32)15-30-23(33)19-3-2-4-20(13-19)24(26,27)28;/h2-8,13,17H,9-12,14-16H2,1H3,(H-,29,30,32,33);1H/p+1. The van der Waals surface area contributed by atoms with Gasteiger partial charge in [0.1, 0.15) is 6.54 Å². The number of carbonyl (C=O) groups excluding carboxylic acids is 2. The van der Waals surface area contributed by atoms with Crippen molar-refractivity contribution in [1.82, 2.24) is 10.6 Å². The molecule has 2 amide bonds. The van der Waals surface area contributed by atoms with Gasteiger partial charge < -0.3 is 15.1 Å². The molecule has 5 nitrogen and oxygen atoms in total. The third-order valence-electron chi connectivity index (χ3n) is 6.08. The number of benzene rings is 2. The van der Waals surface area contributed by atoms with Crippen LogP contribution < -0.4 is 10.6 Å². The van der Waals surface area contributed by atoms with E-state index in [0.29, 0.717) is 12.5 Å². The maximum absolute atomic E-state index is 12.8. The fourth-order valence-corrected chi connectivity index (χ4v) is 4.18. The molecular formula is C24H29ClF3IN3O2+. The average molecular weight is 611 g/mol. The lowest BCUT2D eigenvalue weighted by atomic mass is 9.94. The van der Waals surface area contributed by atoms with Crippen molar-refractivity contribution in [2.75, 3.05) is 33.2 Å². The molecule has 0 saturated carbocycles. The van der Waals surface area contributed by atoms with Gasteiger partial charge in [0, 0.05) is 35.5 Å². The quantitative estimate of drug-likeness (QED) is 0.347. The summed E-state index contributed by atoms with van der Waals surface area (Å²) in [6.45, 7) is 3.15. The van der Waals surface area contributed by atoms with Crippen molar-refractivity contribution in [2.24, 2.45) is 5.92 Å². The van der Waals surface area contributed by atoms with Gasteiger partial charge >= 0.3 is 6.18 Å². The number of nitrogens with zero attached hydrogens (tertiary/aromatic N) is 1. The molecule has 2 aromatic carbocycles. The van der Waals surface area contributed by atoms with E-state index in [1.807, 2.05) is 24.3 Å². The van der Waals surface area contributed by atoms with Crippen molar-refractivity contribution in [2.45, 2.75) is 25.6 Å². The van der Waals surface area contributed by atoms with E-state index in [2.05, 4.69) is 17.7 Å². The van der Waals surface area contributed by atoms with Crippen LogP contribution in [0.3, 0.4) is 0 Å². The Morgan fingerprint density at radius 1 is 1.06 bits per heavy atom. The summed E-state index contributed by atoms with van der Waals surface area (Å²) in [5.41, 5.74) is 0.200. The second-order valence-electron chi connectivity index (χ2n) is 8.86. The number of piperidine rings is 1. The minimum Gasteiger partial charge on any atom is -0.354 e. The lowest BCUT2D eigenvalue weighted by Gasteiger charge is -2.40. The van der Waals surface area contributed by atoms with Gasteiger partial charge in [0.05, 0.1) is 32.2 Å². The molecule has 0 aromatic heterocycles. The minimum absolute atomic E-state index is 0. The first-order valence-electron chi connectivity index (χ1n) is 10.8. The van der Waals surface area contributed by atoms with Crippen LogP contribution in [0.25, 0.3) is 0 Å². The summed E-state index contributed by atoms with van der Waals surface area (Å²) in [5.74, 6) is -0.729. The molecule has 2 N–H and O–H groups in total. The molecule has 1 fully saturated rings. The second kappa shape index (κ2) is 12.2. The van der Waals surface area contributed by atoms with E-state index in [1.54, 1.807) is 0 Å². The zero-order valence-electron chi connectivity index (χ0n) is 18.8. The maximum Gasteiger partial charge on any atom is 0.416 e. The Balaban J connectivity index is 0.00000408. The van der Waals surface area contributed by atoms with Gasteiger partial charge in [-0.05, 0) is 36.2 Å². The number of hydrogen-bond donors (Lipinski definition) is 2. The number of quaternary nitrogens is 1. The molecule has 1 aliphatic rings. The molecule has 3 rings (SSSR count). The van der Waals surface area contributed by atoms with Crippen molar-refractivity contribution in [3.8, 4) is 0 Å². The first kappa shape index (κ1) is 28.4. The number of alkyl halides is 3. The Bertz CT molecular complexity index is 978. The zero-order chi connectivity index (χ0) is 24.1. The highest BCUT2D eigenvalue weighted by Gasteiger charge is 2.31. The van der Waals surface area contributed by atoms with Gasteiger partial charge in [-0.1, -0.05) is 29.8 Å². The summed E-state index contributed by atoms with van der Waals surface area (Å²) in [4.78, 5) is 24.2. The summed E-state index contributed by atoms with van der Waals surface area (Å²) in [7, 11) is 2.23. The van der Waals surface area contributed by atoms with Gasteiger partial charge in [0.15, 0.2) is 0 Å². The van der Waals surface area contributed by atoms with E-state index in [0.717, 1.165) is 54.1 Å². The fourth-order valence-electron chi connectivity index (χ4n) is 4.06. The number of nitrogens with one attached hydrogen (secondary N) is 2. The second-order valence-corrected chi connectivity index (χ2v) is 9.30. The van der Waals surface area contributed by atoms with Gasteiger partial charge in [-0.15, -0.1) is 24.0 Å². The van der Waals surface area contributed by atoms with Gasteiger partial charge in [-0.2, -0.15) is 13.2 Å². The molecular weight excluding hydrogens is 582 g/mol. The monoisotopic (exact) mass is 610 g/mol. The molecule has 2 aromatic rings.